The number of hydrogen-bond acceptors (Lipinski definition) is 1. The fourth-order valence-corrected chi connectivity index (χ4v) is 0. The summed E-state index contributed by atoms with van der Waals surface area (Å²) in [6.07, 6.45) is 0. The van der Waals surface area contributed by atoms with E-state index in [1.54, 1.807) is 7.11 Å². The van der Waals surface area contributed by atoms with Gasteiger partial charge in [0.05, 0.1) is 23.4 Å². The third kappa shape index (κ3) is 10.7. The molecule has 0 aliphatic heterocycles. The second-order valence-electron chi connectivity index (χ2n) is 0.154. The van der Waals surface area contributed by atoms with Crippen molar-refractivity contribution in [3.63, 3.8) is 0 Å². The fourth-order valence-electron chi connectivity index (χ4n) is 0. The topological polar surface area (TPSA) is 9.23 Å². The molecule has 0 bridgehead atoms. The van der Waals surface area contributed by atoms with Gasteiger partial charge < -0.3 is 3.83 Å². The Morgan fingerprint density at radius 2 is 1.75 bits per heavy atom. The SMILES string of the molecule is COBr.[Mg]. The smallest absolute Gasteiger partial charge is 0.0984 e. The summed E-state index contributed by atoms with van der Waals surface area (Å²) in [5, 5.41) is 0. The zero-order chi connectivity index (χ0) is 2.71. The molecule has 0 aliphatic rings. The van der Waals surface area contributed by atoms with Crippen molar-refractivity contribution in [2.24, 2.45) is 0 Å². The largest absolute Gasteiger partial charge is 0.311 e. The molecule has 0 aromatic rings. The van der Waals surface area contributed by atoms with Crippen molar-refractivity contribution in [3.05, 3.63) is 0 Å². The second-order valence-corrected chi connectivity index (χ2v) is 0.802. The van der Waals surface area contributed by atoms with E-state index in [0.717, 1.165) is 0 Å². The summed E-state index contributed by atoms with van der Waals surface area (Å²) in [6.45, 7) is 0. The third-order valence-electron chi connectivity index (χ3n) is 0. The van der Waals surface area contributed by atoms with Gasteiger partial charge in [-0.25, -0.2) is 0 Å². The molecule has 0 aromatic heterocycles. The van der Waals surface area contributed by atoms with Crippen LogP contribution in [0.25, 0.3) is 0 Å². The molecule has 0 unspecified atom stereocenters. The Morgan fingerprint density at radius 1 is 1.75 bits per heavy atom. The Balaban J connectivity index is 0. The van der Waals surface area contributed by atoms with Crippen LogP contribution in [-0.4, -0.2) is 30.2 Å². The van der Waals surface area contributed by atoms with E-state index < -0.39 is 0 Å². The molecular formula is CH3BrMgO. The van der Waals surface area contributed by atoms with Crippen molar-refractivity contribution in [2.75, 3.05) is 7.11 Å². The van der Waals surface area contributed by atoms with E-state index >= 15 is 0 Å². The highest BCUT2D eigenvalue weighted by atomic mass is 79.9. The Hall–Kier alpha value is 1.21. The zero-order valence-electron chi connectivity index (χ0n) is 2.49. The maximum Gasteiger partial charge on any atom is 0.0984 e. The van der Waals surface area contributed by atoms with Crippen LogP contribution < -0.4 is 0 Å². The summed E-state index contributed by atoms with van der Waals surface area (Å²) >= 11 is 2.65. The number of halogens is 1. The van der Waals surface area contributed by atoms with Gasteiger partial charge in [-0.1, -0.05) is 0 Å². The van der Waals surface area contributed by atoms with Gasteiger partial charge in [-0.05, 0) is 0 Å². The molecule has 0 aromatic carbocycles. The molecule has 0 amide bonds. The minimum Gasteiger partial charge on any atom is -0.311 e. The predicted octanol–water partition coefficient (Wildman–Crippen LogP) is 0.562. The van der Waals surface area contributed by atoms with Crippen molar-refractivity contribution in [1.82, 2.24) is 0 Å². The highest BCUT2D eigenvalue weighted by molar-refractivity contribution is 9.06. The Labute approximate surface area is 50.3 Å². The van der Waals surface area contributed by atoms with Gasteiger partial charge >= 0.3 is 0 Å². The molecule has 0 atom stereocenters. The second kappa shape index (κ2) is 8.88. The standard InChI is InChI=1S/CH3BrO.Mg/c1-3-2;/h1H3;. The van der Waals surface area contributed by atoms with Crippen LogP contribution in [0.15, 0.2) is 0 Å². The molecule has 0 heterocycles. The van der Waals surface area contributed by atoms with E-state index in [9.17, 15) is 0 Å². The lowest BCUT2D eigenvalue weighted by Gasteiger charge is -1.55. The van der Waals surface area contributed by atoms with E-state index in [0.29, 0.717) is 0 Å². The van der Waals surface area contributed by atoms with Crippen LogP contribution in [-0.2, 0) is 3.83 Å². The van der Waals surface area contributed by atoms with Crippen molar-refractivity contribution in [3.8, 4) is 0 Å². The van der Waals surface area contributed by atoms with Gasteiger partial charge in [0.2, 0.25) is 0 Å². The minimum absolute atomic E-state index is 0. The lowest BCUT2D eigenvalue weighted by atomic mass is 11.8. The Bertz CT molecular complexity index is 8.00. The van der Waals surface area contributed by atoms with Crippen LogP contribution in [0, 0.1) is 0 Å². The van der Waals surface area contributed by atoms with Gasteiger partial charge in [0.1, 0.15) is 0 Å². The first kappa shape index (κ1) is 8.96. The van der Waals surface area contributed by atoms with Crippen LogP contribution in [0.5, 0.6) is 0 Å². The molecule has 0 spiro atoms. The summed E-state index contributed by atoms with van der Waals surface area (Å²) in [5.74, 6) is 0. The van der Waals surface area contributed by atoms with E-state index in [1.807, 2.05) is 0 Å². The Kier molecular flexibility index (Phi) is 19.9. The first-order chi connectivity index (χ1) is 1.41. The maximum absolute atomic E-state index is 4.06. The quantitative estimate of drug-likeness (QED) is 0.441. The third-order valence-corrected chi connectivity index (χ3v) is 0. The van der Waals surface area contributed by atoms with Gasteiger partial charge in [0.25, 0.3) is 0 Å². The molecule has 0 fully saturated rings. The molecule has 0 aliphatic carbocycles. The highest BCUT2D eigenvalue weighted by Crippen LogP contribution is 1.67. The summed E-state index contributed by atoms with van der Waals surface area (Å²) < 4.78 is 4.06. The average molecular weight is 135 g/mol. The van der Waals surface area contributed by atoms with Crippen LogP contribution in [0.3, 0.4) is 0 Å². The molecule has 0 rings (SSSR count). The highest BCUT2D eigenvalue weighted by Gasteiger charge is 1.31. The average Bonchev–Trinajstić information content (AvgIpc) is 0.918. The molecule has 3 heteroatoms. The summed E-state index contributed by atoms with van der Waals surface area (Å²) in [7, 11) is 1.54. The maximum atomic E-state index is 4.06. The molecular weight excluding hydrogens is 132 g/mol. The van der Waals surface area contributed by atoms with Crippen LogP contribution in [0.2, 0.25) is 0 Å². The van der Waals surface area contributed by atoms with Crippen molar-refractivity contribution < 1.29 is 3.83 Å². The van der Waals surface area contributed by atoms with Gasteiger partial charge in [-0.15, -0.1) is 0 Å². The predicted molar refractivity (Wildman–Crippen MR) is 21.7 cm³/mol. The van der Waals surface area contributed by atoms with Gasteiger partial charge in [0, 0.05) is 23.1 Å². The molecule has 1 nitrogen and oxygen atoms in total. The first-order valence-corrected chi connectivity index (χ1v) is 1.21. The summed E-state index contributed by atoms with van der Waals surface area (Å²) in [6, 6.07) is 0. The zero-order valence-corrected chi connectivity index (χ0v) is 5.49. The lowest BCUT2D eigenvalue weighted by Crippen LogP contribution is -1.37. The summed E-state index contributed by atoms with van der Waals surface area (Å²) in [5.41, 5.74) is 0. The van der Waals surface area contributed by atoms with E-state index in [2.05, 4.69) is 20.1 Å². The van der Waals surface area contributed by atoms with Gasteiger partial charge in [-0.2, -0.15) is 0 Å². The van der Waals surface area contributed by atoms with Crippen molar-refractivity contribution >= 4 is 39.3 Å². The fraction of sp³-hybridized carbons (Fsp3) is 1.00. The molecule has 4 heavy (non-hydrogen) atoms. The van der Waals surface area contributed by atoms with Crippen LogP contribution in [0.1, 0.15) is 0 Å². The molecule has 22 valence electrons. The lowest BCUT2D eigenvalue weighted by molar-refractivity contribution is 0.519. The van der Waals surface area contributed by atoms with Crippen LogP contribution >= 0.6 is 16.3 Å². The van der Waals surface area contributed by atoms with Gasteiger partial charge in [0.15, 0.2) is 0 Å². The summed E-state index contributed by atoms with van der Waals surface area (Å²) in [4.78, 5) is 0. The monoisotopic (exact) mass is 134 g/mol. The van der Waals surface area contributed by atoms with Gasteiger partial charge in [-0.3, -0.25) is 0 Å². The number of rotatable bonds is 0. The molecule has 2 radical (unpaired) electrons. The van der Waals surface area contributed by atoms with Crippen molar-refractivity contribution in [1.29, 1.82) is 0 Å². The van der Waals surface area contributed by atoms with E-state index in [1.165, 1.54) is 0 Å². The minimum atomic E-state index is 0. The van der Waals surface area contributed by atoms with Crippen LogP contribution in [0.4, 0.5) is 0 Å². The Morgan fingerprint density at radius 3 is 1.75 bits per heavy atom. The first-order valence-electron chi connectivity index (χ1n) is 0.563. The van der Waals surface area contributed by atoms with E-state index in [-0.39, 0.29) is 23.1 Å². The normalized spacial score (nSPS) is 4.50. The molecule has 0 saturated carbocycles. The van der Waals surface area contributed by atoms with Crippen molar-refractivity contribution in [2.45, 2.75) is 0 Å². The van der Waals surface area contributed by atoms with E-state index in [4.69, 9.17) is 0 Å². The molecule has 0 saturated heterocycles. The molecule has 0 N–H and O–H groups in total. The number of hydrogen-bond donors (Lipinski definition) is 0.